The van der Waals surface area contributed by atoms with Gasteiger partial charge in [-0.3, -0.25) is 0 Å². The third kappa shape index (κ3) is 3.93. The Bertz CT molecular complexity index is 1030. The van der Waals surface area contributed by atoms with Gasteiger partial charge in [0, 0.05) is 25.9 Å². The molecule has 0 aliphatic carbocycles. The van der Waals surface area contributed by atoms with E-state index in [-0.39, 0.29) is 17.3 Å². The largest absolute Gasteiger partial charge is 0.490 e. The van der Waals surface area contributed by atoms with Crippen molar-refractivity contribution in [2.75, 3.05) is 18.0 Å². The fourth-order valence-corrected chi connectivity index (χ4v) is 3.20. The minimum absolute atomic E-state index is 0.0316. The van der Waals surface area contributed by atoms with Crippen LogP contribution < -0.4 is 9.64 Å². The molecule has 0 bridgehead atoms. The average molecular weight is 407 g/mol. The van der Waals surface area contributed by atoms with Gasteiger partial charge in [-0.05, 0) is 36.4 Å². The molecule has 0 amide bonds. The van der Waals surface area contributed by atoms with Gasteiger partial charge in [0.1, 0.15) is 17.7 Å². The Labute approximate surface area is 162 Å². The van der Waals surface area contributed by atoms with Crippen LogP contribution in [0.1, 0.15) is 29.0 Å². The lowest BCUT2D eigenvalue weighted by Crippen LogP contribution is -2.39. The third-order valence-corrected chi connectivity index (χ3v) is 4.67. The van der Waals surface area contributed by atoms with Crippen molar-refractivity contribution in [3.05, 3.63) is 47.8 Å². The summed E-state index contributed by atoms with van der Waals surface area (Å²) < 4.78 is 45.7. The predicted molar refractivity (Wildman–Crippen MR) is 95.0 cm³/mol. The molecule has 0 unspecified atom stereocenters. The zero-order valence-electron chi connectivity index (χ0n) is 15.0. The minimum Gasteiger partial charge on any atom is -0.490 e. The fourth-order valence-electron chi connectivity index (χ4n) is 3.20. The van der Waals surface area contributed by atoms with Crippen LogP contribution in [-0.2, 0) is 6.18 Å². The summed E-state index contributed by atoms with van der Waals surface area (Å²) in [7, 11) is 0. The lowest BCUT2D eigenvalue weighted by atomic mass is 10.1. The summed E-state index contributed by atoms with van der Waals surface area (Å²) in [5.74, 6) is -1.17. The van der Waals surface area contributed by atoms with Crippen molar-refractivity contribution >= 4 is 17.4 Å². The lowest BCUT2D eigenvalue weighted by Gasteiger charge is -2.32. The number of nitrogens with zero attached hydrogens (tertiary/aromatic N) is 5. The number of alkyl halides is 3. The number of anilines is 1. The van der Waals surface area contributed by atoms with E-state index in [1.54, 1.807) is 18.2 Å². The van der Waals surface area contributed by atoms with Gasteiger partial charge in [-0.1, -0.05) is 0 Å². The Morgan fingerprint density at radius 3 is 2.38 bits per heavy atom. The number of aromatic carboxylic acids is 1. The van der Waals surface area contributed by atoms with Crippen LogP contribution in [0.5, 0.6) is 5.75 Å². The number of benzene rings is 1. The first-order chi connectivity index (χ1) is 13.8. The molecule has 1 aromatic carbocycles. The number of carboxylic acids is 1. The van der Waals surface area contributed by atoms with Gasteiger partial charge in [0.25, 0.3) is 5.82 Å². The van der Waals surface area contributed by atoms with Crippen LogP contribution in [0, 0.1) is 0 Å². The normalized spacial score (nSPS) is 15.6. The first-order valence-corrected chi connectivity index (χ1v) is 8.86. The van der Waals surface area contributed by atoms with Gasteiger partial charge in [-0.15, -0.1) is 15.3 Å². The highest BCUT2D eigenvalue weighted by molar-refractivity contribution is 5.87. The Kier molecular flexibility index (Phi) is 4.73. The Morgan fingerprint density at radius 2 is 1.76 bits per heavy atom. The number of hydrogen-bond donors (Lipinski definition) is 1. The maximum Gasteiger partial charge on any atom is 0.453 e. The van der Waals surface area contributed by atoms with Gasteiger partial charge in [0.05, 0.1) is 5.56 Å². The summed E-state index contributed by atoms with van der Waals surface area (Å²) in [5.41, 5.74) is 0.213. The van der Waals surface area contributed by atoms with Gasteiger partial charge in [-0.25, -0.2) is 4.79 Å². The predicted octanol–water partition coefficient (Wildman–Crippen LogP) is 2.89. The number of piperidine rings is 1. The molecular weight excluding hydrogens is 391 g/mol. The fraction of sp³-hybridized carbons (Fsp3) is 0.333. The first-order valence-electron chi connectivity index (χ1n) is 8.86. The van der Waals surface area contributed by atoms with Crippen LogP contribution in [0.3, 0.4) is 0 Å². The number of carboxylic acid groups (broad SMARTS) is 1. The van der Waals surface area contributed by atoms with E-state index >= 15 is 0 Å². The molecule has 0 saturated carbocycles. The van der Waals surface area contributed by atoms with Crippen LogP contribution >= 0.6 is 0 Å². The molecule has 0 spiro atoms. The molecule has 4 rings (SSSR count). The highest BCUT2D eigenvalue weighted by Gasteiger charge is 2.38. The molecule has 1 N–H and O–H groups in total. The lowest BCUT2D eigenvalue weighted by molar-refractivity contribution is -0.146. The number of ether oxygens (including phenoxy) is 1. The van der Waals surface area contributed by atoms with Gasteiger partial charge in [0.15, 0.2) is 5.65 Å². The molecule has 3 aromatic rings. The molecule has 2 aromatic heterocycles. The van der Waals surface area contributed by atoms with E-state index in [0.29, 0.717) is 42.0 Å². The number of aromatic nitrogens is 4. The standard InChI is InChI=1S/C18H16F3N5O3/c19-18(20,21)17-23-22-14-5-6-15(24-26(14)17)25-9-7-13(8-10-25)29-12-3-1-11(2-4-12)16(27)28/h1-6,13H,7-10H2,(H,27,28). The number of rotatable bonds is 4. The third-order valence-electron chi connectivity index (χ3n) is 4.67. The second-order valence-corrected chi connectivity index (χ2v) is 6.62. The highest BCUT2D eigenvalue weighted by atomic mass is 19.4. The van der Waals surface area contributed by atoms with Crippen LogP contribution in [0.2, 0.25) is 0 Å². The molecule has 0 radical (unpaired) electrons. The molecule has 1 fully saturated rings. The van der Waals surface area contributed by atoms with E-state index in [1.807, 2.05) is 4.90 Å². The Hall–Kier alpha value is -3.37. The van der Waals surface area contributed by atoms with Crippen molar-refractivity contribution < 1.29 is 27.8 Å². The van der Waals surface area contributed by atoms with Crippen LogP contribution in [0.25, 0.3) is 5.65 Å². The number of fused-ring (bicyclic) bond motifs is 1. The summed E-state index contributed by atoms with van der Waals surface area (Å²) in [6.45, 7) is 1.11. The van der Waals surface area contributed by atoms with Crippen molar-refractivity contribution in [2.45, 2.75) is 25.1 Å². The molecule has 8 nitrogen and oxygen atoms in total. The average Bonchev–Trinajstić information content (AvgIpc) is 3.13. The molecule has 152 valence electrons. The summed E-state index contributed by atoms with van der Waals surface area (Å²) in [4.78, 5) is 12.8. The van der Waals surface area contributed by atoms with E-state index in [2.05, 4.69) is 15.3 Å². The number of hydrogen-bond acceptors (Lipinski definition) is 6. The second kappa shape index (κ2) is 7.22. The van der Waals surface area contributed by atoms with E-state index in [4.69, 9.17) is 9.84 Å². The van der Waals surface area contributed by atoms with E-state index < -0.39 is 18.0 Å². The maximum atomic E-state index is 13.0. The summed E-state index contributed by atoms with van der Waals surface area (Å²) in [6, 6.07) is 9.24. The van der Waals surface area contributed by atoms with Crippen LogP contribution in [0.4, 0.5) is 19.0 Å². The minimum atomic E-state index is -4.64. The van der Waals surface area contributed by atoms with Crippen molar-refractivity contribution in [3.8, 4) is 5.75 Å². The topological polar surface area (TPSA) is 92.9 Å². The molecule has 11 heteroatoms. The SMILES string of the molecule is O=C(O)c1ccc(OC2CCN(c3ccc4nnc(C(F)(F)F)n4n3)CC2)cc1. The van der Waals surface area contributed by atoms with Crippen molar-refractivity contribution in [1.29, 1.82) is 0 Å². The molecule has 0 atom stereocenters. The monoisotopic (exact) mass is 407 g/mol. The van der Waals surface area contributed by atoms with Gasteiger partial charge < -0.3 is 14.7 Å². The Morgan fingerprint density at radius 1 is 1.07 bits per heavy atom. The van der Waals surface area contributed by atoms with Crippen LogP contribution in [-0.4, -0.2) is 50.1 Å². The number of halogens is 3. The van der Waals surface area contributed by atoms with Gasteiger partial charge in [-0.2, -0.15) is 17.7 Å². The zero-order valence-corrected chi connectivity index (χ0v) is 15.0. The first kappa shape index (κ1) is 19.0. The smallest absolute Gasteiger partial charge is 0.453 e. The van der Waals surface area contributed by atoms with Crippen molar-refractivity contribution in [3.63, 3.8) is 0 Å². The van der Waals surface area contributed by atoms with E-state index in [0.717, 1.165) is 0 Å². The molecule has 3 heterocycles. The maximum absolute atomic E-state index is 13.0. The highest BCUT2D eigenvalue weighted by Crippen LogP contribution is 2.28. The summed E-state index contributed by atoms with van der Waals surface area (Å²) in [5, 5.41) is 19.7. The molecule has 29 heavy (non-hydrogen) atoms. The molecule has 1 aliphatic rings. The van der Waals surface area contributed by atoms with Gasteiger partial charge >= 0.3 is 12.1 Å². The van der Waals surface area contributed by atoms with Crippen molar-refractivity contribution in [1.82, 2.24) is 19.8 Å². The molecule has 1 aliphatic heterocycles. The van der Waals surface area contributed by atoms with E-state index in [1.165, 1.54) is 18.2 Å². The van der Waals surface area contributed by atoms with Crippen molar-refractivity contribution in [2.24, 2.45) is 0 Å². The second-order valence-electron chi connectivity index (χ2n) is 6.62. The Balaban J connectivity index is 1.42. The van der Waals surface area contributed by atoms with Crippen LogP contribution in [0.15, 0.2) is 36.4 Å². The summed E-state index contributed by atoms with van der Waals surface area (Å²) >= 11 is 0. The van der Waals surface area contributed by atoms with E-state index in [9.17, 15) is 18.0 Å². The zero-order chi connectivity index (χ0) is 20.6. The molecular formula is C18H16F3N5O3. The summed E-state index contributed by atoms with van der Waals surface area (Å²) in [6.07, 6.45) is -3.42. The molecule has 1 saturated heterocycles. The number of carbonyl (C=O) groups is 1. The quantitative estimate of drug-likeness (QED) is 0.711. The van der Waals surface area contributed by atoms with Gasteiger partial charge in [0.2, 0.25) is 0 Å².